The predicted molar refractivity (Wildman–Crippen MR) is 65.2 cm³/mol. The molecule has 0 radical (unpaired) electrons. The third-order valence-corrected chi connectivity index (χ3v) is 2.83. The zero-order chi connectivity index (χ0) is 11.8. The number of fused-ring (bicyclic) bond motifs is 1. The molecule has 17 heavy (non-hydrogen) atoms. The van der Waals surface area contributed by atoms with Crippen LogP contribution in [0.4, 0.5) is 0 Å². The summed E-state index contributed by atoms with van der Waals surface area (Å²) in [5.41, 5.74) is 2.78. The minimum atomic E-state index is -0.0925. The van der Waals surface area contributed by atoms with Crippen LogP contribution in [0.25, 0.3) is 10.9 Å². The summed E-state index contributed by atoms with van der Waals surface area (Å²) in [4.78, 5) is 15.3. The van der Waals surface area contributed by atoms with Crippen molar-refractivity contribution in [2.75, 3.05) is 0 Å². The number of benzene rings is 1. The van der Waals surface area contributed by atoms with Crippen LogP contribution in [-0.4, -0.2) is 10.8 Å². The van der Waals surface area contributed by atoms with E-state index in [1.165, 1.54) is 6.26 Å². The third kappa shape index (κ3) is 1.56. The normalized spacial score (nSPS) is 10.9. The van der Waals surface area contributed by atoms with Crippen LogP contribution < -0.4 is 0 Å². The Balaban J connectivity index is 2.15. The SMILES string of the molecule is Cc1ccc2c(C(=O)c3ccco3)c[nH]c2c1. The summed E-state index contributed by atoms with van der Waals surface area (Å²) in [5.74, 6) is 0.275. The van der Waals surface area contributed by atoms with Crippen molar-refractivity contribution in [2.45, 2.75) is 6.92 Å². The summed E-state index contributed by atoms with van der Waals surface area (Å²) < 4.78 is 5.13. The van der Waals surface area contributed by atoms with Gasteiger partial charge in [-0.3, -0.25) is 4.79 Å². The van der Waals surface area contributed by atoms with Crippen LogP contribution in [0.5, 0.6) is 0 Å². The summed E-state index contributed by atoms with van der Waals surface area (Å²) in [6.45, 7) is 2.02. The first kappa shape index (κ1) is 9.90. The maximum atomic E-state index is 12.2. The van der Waals surface area contributed by atoms with E-state index >= 15 is 0 Å². The number of furan rings is 1. The molecule has 1 N–H and O–H groups in total. The molecule has 3 rings (SSSR count). The Bertz CT molecular complexity index is 677. The van der Waals surface area contributed by atoms with Gasteiger partial charge in [-0.15, -0.1) is 0 Å². The highest BCUT2D eigenvalue weighted by Crippen LogP contribution is 2.22. The van der Waals surface area contributed by atoms with Crippen LogP contribution in [0.2, 0.25) is 0 Å². The highest BCUT2D eigenvalue weighted by molar-refractivity contribution is 6.15. The van der Waals surface area contributed by atoms with Crippen molar-refractivity contribution in [1.29, 1.82) is 0 Å². The molecule has 0 saturated carbocycles. The average Bonchev–Trinajstić information content (AvgIpc) is 2.96. The summed E-state index contributed by atoms with van der Waals surface area (Å²) >= 11 is 0. The van der Waals surface area contributed by atoms with Gasteiger partial charge in [0.2, 0.25) is 5.78 Å². The van der Waals surface area contributed by atoms with Crippen molar-refractivity contribution >= 4 is 16.7 Å². The molecule has 0 aliphatic heterocycles. The van der Waals surface area contributed by atoms with Crippen LogP contribution in [0.1, 0.15) is 21.7 Å². The fourth-order valence-electron chi connectivity index (χ4n) is 1.97. The Morgan fingerprint density at radius 2 is 2.18 bits per heavy atom. The lowest BCUT2D eigenvalue weighted by molar-refractivity contribution is 0.101. The largest absolute Gasteiger partial charge is 0.461 e. The van der Waals surface area contributed by atoms with Gasteiger partial charge in [0.25, 0.3) is 0 Å². The van der Waals surface area contributed by atoms with Crippen molar-refractivity contribution in [3.8, 4) is 0 Å². The molecule has 3 heteroatoms. The van der Waals surface area contributed by atoms with Crippen molar-refractivity contribution in [2.24, 2.45) is 0 Å². The number of rotatable bonds is 2. The van der Waals surface area contributed by atoms with Gasteiger partial charge < -0.3 is 9.40 Å². The molecule has 0 saturated heterocycles. The molecule has 0 bridgehead atoms. The molecule has 0 amide bonds. The molecule has 0 aliphatic carbocycles. The Hall–Kier alpha value is -2.29. The monoisotopic (exact) mass is 225 g/mol. The molecular formula is C14H11NO2. The lowest BCUT2D eigenvalue weighted by atomic mass is 10.1. The van der Waals surface area contributed by atoms with Crippen LogP contribution in [-0.2, 0) is 0 Å². The van der Waals surface area contributed by atoms with Gasteiger partial charge in [-0.2, -0.15) is 0 Å². The van der Waals surface area contributed by atoms with E-state index in [4.69, 9.17) is 4.42 Å². The molecule has 3 aromatic rings. The first-order valence-electron chi connectivity index (χ1n) is 5.41. The molecule has 0 spiro atoms. The summed E-state index contributed by atoms with van der Waals surface area (Å²) in [6.07, 6.45) is 3.24. The molecule has 2 aromatic heterocycles. The molecule has 0 atom stereocenters. The second-order valence-electron chi connectivity index (χ2n) is 4.06. The molecule has 3 nitrogen and oxygen atoms in total. The van der Waals surface area contributed by atoms with Crippen molar-refractivity contribution in [3.05, 3.63) is 59.7 Å². The molecular weight excluding hydrogens is 214 g/mol. The maximum Gasteiger partial charge on any atom is 0.230 e. The van der Waals surface area contributed by atoms with Crippen molar-refractivity contribution in [1.82, 2.24) is 4.98 Å². The highest BCUT2D eigenvalue weighted by atomic mass is 16.3. The minimum absolute atomic E-state index is 0.0925. The molecule has 2 heterocycles. The Labute approximate surface area is 98.1 Å². The van der Waals surface area contributed by atoms with Crippen LogP contribution in [0, 0.1) is 6.92 Å². The van der Waals surface area contributed by atoms with Gasteiger partial charge in [-0.25, -0.2) is 0 Å². The van der Waals surface area contributed by atoms with E-state index in [9.17, 15) is 4.79 Å². The predicted octanol–water partition coefficient (Wildman–Crippen LogP) is 3.30. The number of ketones is 1. The lowest BCUT2D eigenvalue weighted by Gasteiger charge is -1.96. The molecule has 0 unspecified atom stereocenters. The third-order valence-electron chi connectivity index (χ3n) is 2.83. The van der Waals surface area contributed by atoms with Crippen LogP contribution >= 0.6 is 0 Å². The topological polar surface area (TPSA) is 46.0 Å². The summed E-state index contributed by atoms with van der Waals surface area (Å²) in [5, 5.41) is 0.928. The highest BCUT2D eigenvalue weighted by Gasteiger charge is 2.16. The summed E-state index contributed by atoms with van der Waals surface area (Å²) in [7, 11) is 0. The number of carbonyl (C=O) groups excluding carboxylic acids is 1. The first-order chi connectivity index (χ1) is 8.25. The smallest absolute Gasteiger partial charge is 0.230 e. The quantitative estimate of drug-likeness (QED) is 0.680. The average molecular weight is 225 g/mol. The fourth-order valence-corrected chi connectivity index (χ4v) is 1.97. The number of hydrogen-bond donors (Lipinski definition) is 1. The van der Waals surface area contributed by atoms with E-state index in [0.717, 1.165) is 16.5 Å². The molecule has 84 valence electrons. The van der Waals surface area contributed by atoms with Gasteiger partial charge in [-0.05, 0) is 30.7 Å². The fraction of sp³-hybridized carbons (Fsp3) is 0.0714. The molecule has 0 aliphatic rings. The number of aromatic nitrogens is 1. The van der Waals surface area contributed by atoms with Gasteiger partial charge in [0, 0.05) is 17.1 Å². The van der Waals surface area contributed by atoms with Gasteiger partial charge in [-0.1, -0.05) is 12.1 Å². The Morgan fingerprint density at radius 1 is 1.29 bits per heavy atom. The number of aromatic amines is 1. The van der Waals surface area contributed by atoms with Crippen molar-refractivity contribution in [3.63, 3.8) is 0 Å². The van der Waals surface area contributed by atoms with Crippen molar-refractivity contribution < 1.29 is 9.21 Å². The molecule has 0 fully saturated rings. The van der Waals surface area contributed by atoms with E-state index in [2.05, 4.69) is 4.98 Å². The van der Waals surface area contributed by atoms with Gasteiger partial charge in [0.1, 0.15) is 0 Å². The zero-order valence-electron chi connectivity index (χ0n) is 9.36. The van der Waals surface area contributed by atoms with E-state index in [1.807, 2.05) is 25.1 Å². The zero-order valence-corrected chi connectivity index (χ0v) is 9.36. The second-order valence-corrected chi connectivity index (χ2v) is 4.06. The van der Waals surface area contributed by atoms with E-state index < -0.39 is 0 Å². The lowest BCUT2D eigenvalue weighted by Crippen LogP contribution is -1.97. The van der Waals surface area contributed by atoms with Gasteiger partial charge in [0.15, 0.2) is 5.76 Å². The standard InChI is InChI=1S/C14H11NO2/c1-9-4-5-10-11(8-15-12(10)7-9)14(16)13-3-2-6-17-13/h2-8,15H,1H3. The first-order valence-corrected chi connectivity index (χ1v) is 5.41. The number of aryl methyl sites for hydroxylation is 1. The van der Waals surface area contributed by atoms with Crippen LogP contribution in [0.3, 0.4) is 0 Å². The minimum Gasteiger partial charge on any atom is -0.461 e. The molecule has 1 aromatic carbocycles. The summed E-state index contributed by atoms with van der Waals surface area (Å²) in [6, 6.07) is 9.36. The Kier molecular flexibility index (Phi) is 2.11. The van der Waals surface area contributed by atoms with Crippen LogP contribution in [0.15, 0.2) is 47.2 Å². The van der Waals surface area contributed by atoms with Gasteiger partial charge >= 0.3 is 0 Å². The number of hydrogen-bond acceptors (Lipinski definition) is 2. The van der Waals surface area contributed by atoms with E-state index in [1.54, 1.807) is 18.3 Å². The van der Waals surface area contributed by atoms with E-state index in [0.29, 0.717) is 11.3 Å². The maximum absolute atomic E-state index is 12.2. The number of H-pyrrole nitrogens is 1. The van der Waals surface area contributed by atoms with Gasteiger partial charge in [0.05, 0.1) is 11.8 Å². The Morgan fingerprint density at radius 3 is 2.94 bits per heavy atom. The number of nitrogens with one attached hydrogen (secondary N) is 1. The second kappa shape index (κ2) is 3.63. The van der Waals surface area contributed by atoms with E-state index in [-0.39, 0.29) is 5.78 Å². The number of carbonyl (C=O) groups is 1.